The summed E-state index contributed by atoms with van der Waals surface area (Å²) in [4.78, 5) is 49.0. The van der Waals surface area contributed by atoms with E-state index in [0.29, 0.717) is 0 Å². The highest BCUT2D eigenvalue weighted by Gasteiger charge is 2.23. The van der Waals surface area contributed by atoms with E-state index in [1.54, 1.807) is 18.2 Å². The molecule has 1 aromatic carbocycles. The second-order valence-electron chi connectivity index (χ2n) is 8.14. The van der Waals surface area contributed by atoms with Gasteiger partial charge < -0.3 is 0 Å². The van der Waals surface area contributed by atoms with Crippen LogP contribution in [0.4, 0.5) is 0 Å². The quantitative estimate of drug-likeness (QED) is 0.566. The number of hydrogen-bond acceptors (Lipinski definition) is 4. The van der Waals surface area contributed by atoms with Crippen molar-refractivity contribution in [1.29, 1.82) is 0 Å². The fourth-order valence-corrected chi connectivity index (χ4v) is 4.12. The summed E-state index contributed by atoms with van der Waals surface area (Å²) in [7, 11) is 0. The van der Waals surface area contributed by atoms with E-state index in [9.17, 15) is 19.2 Å². The lowest BCUT2D eigenvalue weighted by atomic mass is 9.89. The van der Waals surface area contributed by atoms with E-state index in [0.717, 1.165) is 64.2 Å². The SMILES string of the molecule is O=C(NNC(=O)C1CCCCC1)c1cccc(C(=O)NNC(=O)C2CCCCC2)c1. The predicted octanol–water partition coefficient (Wildman–Crippen LogP) is 2.37. The number of carbonyl (C=O) groups excluding carboxylic acids is 4. The van der Waals surface area contributed by atoms with Gasteiger partial charge in [0.25, 0.3) is 11.8 Å². The minimum absolute atomic E-state index is 0.0658. The highest BCUT2D eigenvalue weighted by Crippen LogP contribution is 2.24. The van der Waals surface area contributed by atoms with Gasteiger partial charge in [0.15, 0.2) is 0 Å². The Kier molecular flexibility index (Phi) is 7.82. The van der Waals surface area contributed by atoms with Crippen LogP contribution in [0.25, 0.3) is 0 Å². The Labute approximate surface area is 176 Å². The molecule has 4 amide bonds. The molecular weight excluding hydrogens is 384 g/mol. The van der Waals surface area contributed by atoms with Crippen LogP contribution in [0, 0.1) is 11.8 Å². The Morgan fingerprint density at radius 1 is 0.600 bits per heavy atom. The normalized spacial score (nSPS) is 17.6. The van der Waals surface area contributed by atoms with Gasteiger partial charge in [0.2, 0.25) is 11.8 Å². The number of nitrogens with one attached hydrogen (secondary N) is 4. The first kappa shape index (κ1) is 21.8. The predicted molar refractivity (Wildman–Crippen MR) is 111 cm³/mol. The molecular formula is C22H30N4O4. The van der Waals surface area contributed by atoms with E-state index in [2.05, 4.69) is 21.7 Å². The molecule has 0 unspecified atom stereocenters. The zero-order chi connectivity index (χ0) is 21.3. The molecule has 3 rings (SSSR count). The molecule has 1 aromatic rings. The fourth-order valence-electron chi connectivity index (χ4n) is 4.12. The first-order chi connectivity index (χ1) is 14.5. The van der Waals surface area contributed by atoms with Crippen LogP contribution in [-0.2, 0) is 9.59 Å². The molecule has 0 aliphatic heterocycles. The molecule has 4 N–H and O–H groups in total. The van der Waals surface area contributed by atoms with Crippen molar-refractivity contribution in [3.05, 3.63) is 35.4 Å². The summed E-state index contributed by atoms with van der Waals surface area (Å²) in [5.74, 6) is -1.49. The van der Waals surface area contributed by atoms with Crippen molar-refractivity contribution >= 4 is 23.6 Å². The summed E-state index contributed by atoms with van der Waals surface area (Å²) in [6.07, 6.45) is 9.75. The number of hydrogen-bond donors (Lipinski definition) is 4. The standard InChI is InChI=1S/C22H30N4O4/c27-19(15-8-3-1-4-9-15)23-25-21(29)17-12-7-13-18(14-17)22(30)26-24-20(28)16-10-5-2-6-11-16/h7,12-16H,1-6,8-11H2,(H,23,27)(H,24,28)(H,25,29)(H,26,30). The van der Waals surface area contributed by atoms with Crippen molar-refractivity contribution in [3.63, 3.8) is 0 Å². The number of rotatable bonds is 4. The van der Waals surface area contributed by atoms with Crippen molar-refractivity contribution in [1.82, 2.24) is 21.7 Å². The van der Waals surface area contributed by atoms with Crippen molar-refractivity contribution in [2.24, 2.45) is 11.8 Å². The Balaban J connectivity index is 1.49. The summed E-state index contributed by atoms with van der Waals surface area (Å²) >= 11 is 0. The zero-order valence-electron chi connectivity index (χ0n) is 17.2. The van der Waals surface area contributed by atoms with E-state index in [4.69, 9.17) is 0 Å². The van der Waals surface area contributed by atoms with Gasteiger partial charge in [-0.25, -0.2) is 0 Å². The van der Waals surface area contributed by atoms with Crippen LogP contribution in [-0.4, -0.2) is 23.6 Å². The van der Waals surface area contributed by atoms with Crippen molar-refractivity contribution in [2.45, 2.75) is 64.2 Å². The molecule has 0 radical (unpaired) electrons. The van der Waals surface area contributed by atoms with Gasteiger partial charge in [-0.05, 0) is 43.9 Å². The molecule has 162 valence electrons. The Morgan fingerprint density at radius 3 is 1.40 bits per heavy atom. The molecule has 8 heteroatoms. The maximum Gasteiger partial charge on any atom is 0.269 e. The van der Waals surface area contributed by atoms with Gasteiger partial charge in [-0.1, -0.05) is 44.6 Å². The molecule has 0 atom stereocenters. The second-order valence-corrected chi connectivity index (χ2v) is 8.14. The molecule has 0 bridgehead atoms. The smallest absolute Gasteiger partial charge is 0.269 e. The van der Waals surface area contributed by atoms with Crippen molar-refractivity contribution in [2.75, 3.05) is 0 Å². The van der Waals surface area contributed by atoms with E-state index >= 15 is 0 Å². The van der Waals surface area contributed by atoms with Crippen LogP contribution < -0.4 is 21.7 Å². The van der Waals surface area contributed by atoms with Gasteiger partial charge >= 0.3 is 0 Å². The van der Waals surface area contributed by atoms with Gasteiger partial charge in [-0.15, -0.1) is 0 Å². The fraction of sp³-hybridized carbons (Fsp3) is 0.545. The Morgan fingerprint density at radius 2 is 1.00 bits per heavy atom. The van der Waals surface area contributed by atoms with Gasteiger partial charge in [0.05, 0.1) is 0 Å². The molecule has 30 heavy (non-hydrogen) atoms. The molecule has 2 aliphatic rings. The van der Waals surface area contributed by atoms with Crippen molar-refractivity contribution in [3.8, 4) is 0 Å². The highest BCUT2D eigenvalue weighted by molar-refractivity contribution is 6.00. The summed E-state index contributed by atoms with van der Waals surface area (Å²) in [6, 6.07) is 6.11. The third-order valence-corrected chi connectivity index (χ3v) is 5.94. The van der Waals surface area contributed by atoms with Crippen molar-refractivity contribution < 1.29 is 19.2 Å². The number of carbonyl (C=O) groups is 4. The average molecular weight is 415 g/mol. The molecule has 2 aliphatic carbocycles. The van der Waals surface area contributed by atoms with Crippen LogP contribution in [0.15, 0.2) is 24.3 Å². The van der Waals surface area contributed by atoms with Gasteiger partial charge in [0.1, 0.15) is 0 Å². The van der Waals surface area contributed by atoms with Gasteiger partial charge in [-0.2, -0.15) is 0 Å². The first-order valence-corrected chi connectivity index (χ1v) is 10.8. The summed E-state index contributed by atoms with van der Waals surface area (Å²) in [6.45, 7) is 0. The lowest BCUT2D eigenvalue weighted by molar-refractivity contribution is -0.127. The Bertz CT molecular complexity index is 722. The van der Waals surface area contributed by atoms with E-state index in [-0.39, 0.29) is 34.8 Å². The minimum Gasteiger partial charge on any atom is -0.273 e. The monoisotopic (exact) mass is 414 g/mol. The molecule has 2 saturated carbocycles. The van der Waals surface area contributed by atoms with Gasteiger partial charge in [0, 0.05) is 23.0 Å². The molecule has 8 nitrogen and oxygen atoms in total. The largest absolute Gasteiger partial charge is 0.273 e. The number of hydrazine groups is 2. The summed E-state index contributed by atoms with van der Waals surface area (Å²) in [5.41, 5.74) is 10.3. The van der Waals surface area contributed by atoms with E-state index < -0.39 is 11.8 Å². The average Bonchev–Trinajstić information content (AvgIpc) is 2.81. The topological polar surface area (TPSA) is 116 Å². The number of benzene rings is 1. The van der Waals surface area contributed by atoms with Crippen LogP contribution in [0.2, 0.25) is 0 Å². The zero-order valence-corrected chi connectivity index (χ0v) is 17.2. The Hall–Kier alpha value is -2.90. The van der Waals surface area contributed by atoms with Crippen LogP contribution >= 0.6 is 0 Å². The van der Waals surface area contributed by atoms with Crippen LogP contribution in [0.1, 0.15) is 84.9 Å². The first-order valence-electron chi connectivity index (χ1n) is 10.8. The molecule has 0 saturated heterocycles. The van der Waals surface area contributed by atoms with E-state index in [1.807, 2.05) is 0 Å². The highest BCUT2D eigenvalue weighted by atomic mass is 16.2. The number of amides is 4. The lowest BCUT2D eigenvalue weighted by Gasteiger charge is -2.21. The second kappa shape index (κ2) is 10.8. The van der Waals surface area contributed by atoms with Crippen LogP contribution in [0.3, 0.4) is 0 Å². The summed E-state index contributed by atoms with van der Waals surface area (Å²) in [5, 5.41) is 0. The molecule has 0 heterocycles. The molecule has 2 fully saturated rings. The maximum atomic E-state index is 12.4. The third-order valence-electron chi connectivity index (χ3n) is 5.94. The lowest BCUT2D eigenvalue weighted by Crippen LogP contribution is -2.45. The van der Waals surface area contributed by atoms with Gasteiger partial charge in [-0.3, -0.25) is 40.9 Å². The van der Waals surface area contributed by atoms with E-state index in [1.165, 1.54) is 6.07 Å². The minimum atomic E-state index is -0.500. The molecule has 0 aromatic heterocycles. The third kappa shape index (κ3) is 6.05. The maximum absolute atomic E-state index is 12.4. The molecule has 0 spiro atoms. The summed E-state index contributed by atoms with van der Waals surface area (Å²) < 4.78 is 0. The van der Waals surface area contributed by atoms with Crippen LogP contribution in [0.5, 0.6) is 0 Å².